The van der Waals surface area contributed by atoms with Gasteiger partial charge in [-0.15, -0.1) is 16.8 Å². The Morgan fingerprint density at radius 3 is 2.79 bits per heavy atom. The van der Waals surface area contributed by atoms with Crippen molar-refractivity contribution in [2.24, 2.45) is 0 Å². The fourth-order valence-corrected chi connectivity index (χ4v) is 5.32. The number of carbonyl (C=O) groups is 1. The molecule has 2 aliphatic rings. The summed E-state index contributed by atoms with van der Waals surface area (Å²) in [6.45, 7) is 6.19. The van der Waals surface area contributed by atoms with Crippen LogP contribution in [0.2, 0.25) is 0 Å². The Kier molecular flexibility index (Phi) is 5.00. The van der Waals surface area contributed by atoms with Crippen molar-refractivity contribution in [1.82, 2.24) is 20.1 Å². The van der Waals surface area contributed by atoms with Gasteiger partial charge in [-0.3, -0.25) is 4.79 Å². The molecule has 1 aromatic heterocycles. The highest BCUT2D eigenvalue weighted by Crippen LogP contribution is 2.40. The number of nitrogens with zero attached hydrogens (tertiary/aromatic N) is 3. The average molecular weight is 371 g/mol. The maximum absolute atomic E-state index is 12.3. The zero-order chi connectivity index (χ0) is 17.3. The van der Waals surface area contributed by atoms with Crippen LogP contribution in [0.5, 0.6) is 0 Å². The number of rotatable bonds is 7. The highest BCUT2D eigenvalue weighted by molar-refractivity contribution is 8.00. The number of aromatic nitrogens is 3. The summed E-state index contributed by atoms with van der Waals surface area (Å²) in [5.74, 6) is 1.46. The van der Waals surface area contributed by atoms with E-state index in [0.717, 1.165) is 18.7 Å². The molecule has 9 heteroatoms. The zero-order valence-electron chi connectivity index (χ0n) is 13.6. The predicted molar refractivity (Wildman–Crippen MR) is 92.7 cm³/mol. The molecule has 7 nitrogen and oxygen atoms in total. The molecule has 2 atom stereocenters. The van der Waals surface area contributed by atoms with Crippen LogP contribution in [0.25, 0.3) is 0 Å². The zero-order valence-corrected chi connectivity index (χ0v) is 15.3. The first-order chi connectivity index (χ1) is 11.4. The lowest BCUT2D eigenvalue weighted by atomic mass is 10.2. The molecule has 0 spiro atoms. The van der Waals surface area contributed by atoms with E-state index >= 15 is 0 Å². The van der Waals surface area contributed by atoms with Crippen LogP contribution in [0.1, 0.15) is 37.9 Å². The summed E-state index contributed by atoms with van der Waals surface area (Å²) in [6, 6.07) is -0.279. The maximum atomic E-state index is 12.3. The Bertz CT molecular complexity index is 740. The number of nitrogens with one attached hydrogen (secondary N) is 1. The molecule has 2 heterocycles. The number of hydrogen-bond donors (Lipinski definition) is 1. The van der Waals surface area contributed by atoms with Gasteiger partial charge in [-0.05, 0) is 26.2 Å². The fourth-order valence-electron chi connectivity index (χ4n) is 2.77. The molecule has 0 aromatic carbocycles. The lowest BCUT2D eigenvalue weighted by molar-refractivity contribution is -0.120. The highest BCUT2D eigenvalue weighted by atomic mass is 32.2. The SMILES string of the molecule is C=CCn1c(SC(C)C(=O)NC2CCS(=O)(=O)C2)nnc1C1CC1. The molecule has 24 heavy (non-hydrogen) atoms. The second-order valence-corrected chi connectivity index (χ2v) is 9.92. The van der Waals surface area contributed by atoms with E-state index in [4.69, 9.17) is 0 Å². The Hall–Kier alpha value is -1.35. The topological polar surface area (TPSA) is 94.0 Å². The van der Waals surface area contributed by atoms with Gasteiger partial charge >= 0.3 is 0 Å². The van der Waals surface area contributed by atoms with Crippen molar-refractivity contribution in [3.05, 3.63) is 18.5 Å². The van der Waals surface area contributed by atoms with E-state index in [0.29, 0.717) is 24.0 Å². The molecule has 1 aromatic rings. The third kappa shape index (κ3) is 4.00. The van der Waals surface area contributed by atoms with Crippen LogP contribution in [-0.2, 0) is 21.2 Å². The number of sulfone groups is 1. The van der Waals surface area contributed by atoms with E-state index in [-0.39, 0.29) is 28.7 Å². The van der Waals surface area contributed by atoms with Crippen LogP contribution >= 0.6 is 11.8 Å². The third-order valence-corrected chi connectivity index (χ3v) is 7.08. The number of carbonyl (C=O) groups excluding carboxylic acids is 1. The lowest BCUT2D eigenvalue weighted by Crippen LogP contribution is -2.40. The van der Waals surface area contributed by atoms with Gasteiger partial charge < -0.3 is 9.88 Å². The van der Waals surface area contributed by atoms with Crippen molar-refractivity contribution >= 4 is 27.5 Å². The van der Waals surface area contributed by atoms with Crippen LogP contribution < -0.4 is 5.32 Å². The monoisotopic (exact) mass is 370 g/mol. The van der Waals surface area contributed by atoms with E-state index in [2.05, 4.69) is 22.1 Å². The Balaban J connectivity index is 1.63. The molecule has 2 fully saturated rings. The lowest BCUT2D eigenvalue weighted by Gasteiger charge is -2.15. The van der Waals surface area contributed by atoms with Crippen LogP contribution in [0, 0.1) is 0 Å². The molecule has 2 unspecified atom stereocenters. The minimum atomic E-state index is -3.00. The van der Waals surface area contributed by atoms with Gasteiger partial charge in [0.2, 0.25) is 5.91 Å². The second-order valence-electron chi connectivity index (χ2n) is 6.38. The van der Waals surface area contributed by atoms with Gasteiger partial charge in [-0.25, -0.2) is 8.42 Å². The van der Waals surface area contributed by atoms with Gasteiger partial charge in [0.15, 0.2) is 15.0 Å². The highest BCUT2D eigenvalue weighted by Gasteiger charge is 2.32. The van der Waals surface area contributed by atoms with Crippen molar-refractivity contribution < 1.29 is 13.2 Å². The standard InChI is InChI=1S/C15H22N4O3S2/c1-3-7-19-13(11-4-5-11)17-18-15(19)23-10(2)14(20)16-12-6-8-24(21,22)9-12/h3,10-12H,1,4-9H2,2H3,(H,16,20). The van der Waals surface area contributed by atoms with E-state index in [9.17, 15) is 13.2 Å². The van der Waals surface area contributed by atoms with Gasteiger partial charge in [0.1, 0.15) is 5.82 Å². The predicted octanol–water partition coefficient (Wildman–Crippen LogP) is 1.13. The number of allylic oxidation sites excluding steroid dienone is 1. The smallest absolute Gasteiger partial charge is 0.233 e. The van der Waals surface area contributed by atoms with Gasteiger partial charge in [-0.2, -0.15) is 0 Å². The summed E-state index contributed by atoms with van der Waals surface area (Å²) in [4.78, 5) is 12.3. The Morgan fingerprint density at radius 1 is 1.46 bits per heavy atom. The van der Waals surface area contributed by atoms with Gasteiger partial charge in [0.05, 0.1) is 16.8 Å². The van der Waals surface area contributed by atoms with Gasteiger partial charge in [-0.1, -0.05) is 17.8 Å². The molecule has 0 bridgehead atoms. The van der Waals surface area contributed by atoms with E-state index in [1.165, 1.54) is 11.8 Å². The number of thioether (sulfide) groups is 1. The molecule has 132 valence electrons. The van der Waals surface area contributed by atoms with E-state index in [1.807, 2.05) is 4.57 Å². The Labute approximate surface area is 146 Å². The van der Waals surface area contributed by atoms with Crippen molar-refractivity contribution in [2.45, 2.75) is 55.1 Å². The van der Waals surface area contributed by atoms with Crippen LogP contribution in [-0.4, -0.2) is 51.9 Å². The van der Waals surface area contributed by atoms with Crippen molar-refractivity contribution in [1.29, 1.82) is 0 Å². The molecular weight excluding hydrogens is 348 g/mol. The van der Waals surface area contributed by atoms with Gasteiger partial charge in [0, 0.05) is 18.5 Å². The average Bonchev–Trinajstić information content (AvgIpc) is 3.21. The van der Waals surface area contributed by atoms with Crippen LogP contribution in [0.4, 0.5) is 0 Å². The van der Waals surface area contributed by atoms with E-state index in [1.54, 1.807) is 13.0 Å². The van der Waals surface area contributed by atoms with Crippen molar-refractivity contribution in [3.63, 3.8) is 0 Å². The molecule has 3 rings (SSSR count). The minimum absolute atomic E-state index is 0.0363. The van der Waals surface area contributed by atoms with Crippen molar-refractivity contribution in [3.8, 4) is 0 Å². The third-order valence-electron chi connectivity index (χ3n) is 4.23. The fraction of sp³-hybridized carbons (Fsp3) is 0.667. The maximum Gasteiger partial charge on any atom is 0.233 e. The van der Waals surface area contributed by atoms with Crippen LogP contribution in [0.3, 0.4) is 0 Å². The first-order valence-corrected chi connectivity index (χ1v) is 10.8. The largest absolute Gasteiger partial charge is 0.351 e. The Morgan fingerprint density at radius 2 is 2.21 bits per heavy atom. The normalized spacial score (nSPS) is 23.8. The second kappa shape index (κ2) is 6.87. The molecule has 1 saturated carbocycles. The minimum Gasteiger partial charge on any atom is -0.351 e. The molecule has 1 N–H and O–H groups in total. The summed E-state index contributed by atoms with van der Waals surface area (Å²) < 4.78 is 25.0. The first kappa shape index (κ1) is 17.5. The summed E-state index contributed by atoms with van der Waals surface area (Å²) in [7, 11) is -3.00. The summed E-state index contributed by atoms with van der Waals surface area (Å²) >= 11 is 1.35. The molecular formula is C15H22N4O3S2. The molecule has 1 aliphatic heterocycles. The number of amides is 1. The summed E-state index contributed by atoms with van der Waals surface area (Å²) in [5, 5.41) is 11.7. The molecule has 1 saturated heterocycles. The van der Waals surface area contributed by atoms with E-state index < -0.39 is 9.84 Å². The molecule has 1 aliphatic carbocycles. The summed E-state index contributed by atoms with van der Waals surface area (Å²) in [6.07, 6.45) is 4.55. The first-order valence-electron chi connectivity index (χ1n) is 8.11. The molecule has 0 radical (unpaired) electrons. The van der Waals surface area contributed by atoms with Gasteiger partial charge in [0.25, 0.3) is 0 Å². The van der Waals surface area contributed by atoms with Crippen LogP contribution in [0.15, 0.2) is 17.8 Å². The number of hydrogen-bond acceptors (Lipinski definition) is 6. The molecule has 1 amide bonds. The summed E-state index contributed by atoms with van der Waals surface area (Å²) in [5.41, 5.74) is 0. The quantitative estimate of drug-likeness (QED) is 0.571. The van der Waals surface area contributed by atoms with Crippen molar-refractivity contribution in [2.75, 3.05) is 11.5 Å².